The zero-order chi connectivity index (χ0) is 15.3. The molecule has 0 bridgehead atoms. The Morgan fingerprint density at radius 3 is 2.45 bits per heavy atom. The first-order valence-corrected chi connectivity index (χ1v) is 5.39. The van der Waals surface area contributed by atoms with Gasteiger partial charge < -0.3 is 10.6 Å². The van der Waals surface area contributed by atoms with Gasteiger partial charge in [0.15, 0.2) is 0 Å². The van der Waals surface area contributed by atoms with Gasteiger partial charge in [0.1, 0.15) is 6.42 Å². The molecule has 0 saturated heterocycles. The van der Waals surface area contributed by atoms with Gasteiger partial charge in [0.25, 0.3) is 0 Å². The summed E-state index contributed by atoms with van der Waals surface area (Å²) in [7, 11) is 0. The highest BCUT2D eigenvalue weighted by molar-refractivity contribution is 5.94. The predicted molar refractivity (Wildman–Crippen MR) is 64.6 cm³/mol. The number of nitrogens with one attached hydrogen (secondary N) is 2. The van der Waals surface area contributed by atoms with Crippen molar-refractivity contribution in [2.75, 3.05) is 10.6 Å². The van der Waals surface area contributed by atoms with Gasteiger partial charge >= 0.3 is 6.18 Å². The molecule has 0 aliphatic heterocycles. The van der Waals surface area contributed by atoms with Gasteiger partial charge in [-0.2, -0.15) is 18.4 Å². The average Bonchev–Trinajstić information content (AvgIpc) is 2.29. The lowest BCUT2D eigenvalue weighted by atomic mass is 10.1. The number of nitrogens with zero attached hydrogens (tertiary/aromatic N) is 1. The summed E-state index contributed by atoms with van der Waals surface area (Å²) in [6.45, 7) is 1.16. The zero-order valence-electron chi connectivity index (χ0n) is 10.3. The molecule has 0 aliphatic rings. The molecule has 1 rings (SSSR count). The summed E-state index contributed by atoms with van der Waals surface area (Å²) in [5.74, 6) is -1.36. The summed E-state index contributed by atoms with van der Waals surface area (Å²) in [6.07, 6.45) is -5.26. The van der Waals surface area contributed by atoms with Gasteiger partial charge in [-0.15, -0.1) is 0 Å². The third-order valence-electron chi connectivity index (χ3n) is 2.16. The fourth-order valence-corrected chi connectivity index (χ4v) is 1.44. The first-order chi connectivity index (χ1) is 9.24. The van der Waals surface area contributed by atoms with Crippen LogP contribution >= 0.6 is 0 Å². The van der Waals surface area contributed by atoms with Crippen molar-refractivity contribution in [1.29, 1.82) is 5.26 Å². The maximum Gasteiger partial charge on any atom is 0.418 e. The first-order valence-electron chi connectivity index (χ1n) is 5.39. The van der Waals surface area contributed by atoms with Crippen LogP contribution in [0.15, 0.2) is 18.2 Å². The summed E-state index contributed by atoms with van der Waals surface area (Å²) >= 11 is 0. The second-order valence-electron chi connectivity index (χ2n) is 3.82. The Morgan fingerprint density at radius 1 is 1.30 bits per heavy atom. The van der Waals surface area contributed by atoms with Gasteiger partial charge in [-0.1, -0.05) is 0 Å². The fourth-order valence-electron chi connectivity index (χ4n) is 1.44. The van der Waals surface area contributed by atoms with Crippen molar-refractivity contribution in [3.8, 4) is 6.07 Å². The molecule has 0 aliphatic carbocycles. The second kappa shape index (κ2) is 6.06. The van der Waals surface area contributed by atoms with Crippen LogP contribution in [0, 0.1) is 11.3 Å². The monoisotopic (exact) mass is 285 g/mol. The maximum absolute atomic E-state index is 12.9. The number of carbonyl (C=O) groups is 2. The van der Waals surface area contributed by atoms with Crippen LogP contribution < -0.4 is 10.6 Å². The van der Waals surface area contributed by atoms with E-state index in [9.17, 15) is 22.8 Å². The highest BCUT2D eigenvalue weighted by Gasteiger charge is 2.34. The molecule has 0 unspecified atom stereocenters. The molecule has 8 heteroatoms. The van der Waals surface area contributed by atoms with Crippen LogP contribution in [0.2, 0.25) is 0 Å². The third kappa shape index (κ3) is 4.28. The smallest absolute Gasteiger partial charge is 0.326 e. The van der Waals surface area contributed by atoms with E-state index in [0.29, 0.717) is 6.07 Å². The number of amides is 2. The molecule has 1 aromatic carbocycles. The van der Waals surface area contributed by atoms with Crippen LogP contribution in [0.3, 0.4) is 0 Å². The average molecular weight is 285 g/mol. The van der Waals surface area contributed by atoms with Gasteiger partial charge in [-0.3, -0.25) is 9.59 Å². The number of benzene rings is 1. The van der Waals surface area contributed by atoms with Crippen LogP contribution in [-0.4, -0.2) is 11.8 Å². The van der Waals surface area contributed by atoms with E-state index >= 15 is 0 Å². The second-order valence-corrected chi connectivity index (χ2v) is 3.82. The summed E-state index contributed by atoms with van der Waals surface area (Å²) in [6, 6.07) is 4.48. The number of halogens is 3. The van der Waals surface area contributed by atoms with Gasteiger partial charge in [0.05, 0.1) is 17.3 Å². The van der Waals surface area contributed by atoms with Crippen LogP contribution in [0.4, 0.5) is 24.5 Å². The van der Waals surface area contributed by atoms with Crippen LogP contribution in [0.25, 0.3) is 0 Å². The van der Waals surface area contributed by atoms with E-state index in [1.54, 1.807) is 0 Å². The molecule has 0 fully saturated rings. The summed E-state index contributed by atoms with van der Waals surface area (Å²) in [5, 5.41) is 12.5. The normalized spacial score (nSPS) is 10.6. The maximum atomic E-state index is 12.9. The Kier molecular flexibility index (Phi) is 4.69. The minimum Gasteiger partial charge on any atom is -0.326 e. The van der Waals surface area contributed by atoms with Crippen molar-refractivity contribution in [3.05, 3.63) is 23.8 Å². The topological polar surface area (TPSA) is 82.0 Å². The largest absolute Gasteiger partial charge is 0.418 e. The Morgan fingerprint density at radius 2 is 1.95 bits per heavy atom. The Labute approximate surface area is 112 Å². The minimum absolute atomic E-state index is 0.0388. The van der Waals surface area contributed by atoms with E-state index in [0.717, 1.165) is 13.0 Å². The number of hydrogen-bond donors (Lipinski definition) is 2. The van der Waals surface area contributed by atoms with E-state index in [-0.39, 0.29) is 5.69 Å². The van der Waals surface area contributed by atoms with Crippen molar-refractivity contribution >= 4 is 23.2 Å². The molecule has 1 aromatic rings. The molecule has 0 saturated carbocycles. The fraction of sp³-hybridized carbons (Fsp3) is 0.250. The van der Waals surface area contributed by atoms with Gasteiger partial charge in [0.2, 0.25) is 11.8 Å². The molecular formula is C12H10F3N3O2. The lowest BCUT2D eigenvalue weighted by molar-refractivity contribution is -0.137. The summed E-state index contributed by atoms with van der Waals surface area (Å²) in [4.78, 5) is 22.0. The molecule has 0 radical (unpaired) electrons. The van der Waals surface area contributed by atoms with Gasteiger partial charge in [-0.05, 0) is 18.2 Å². The summed E-state index contributed by atoms with van der Waals surface area (Å²) in [5.41, 5.74) is -1.61. The van der Waals surface area contributed by atoms with Crippen LogP contribution in [-0.2, 0) is 15.8 Å². The van der Waals surface area contributed by atoms with E-state index in [2.05, 4.69) is 5.32 Å². The number of nitriles is 1. The van der Waals surface area contributed by atoms with E-state index < -0.39 is 35.7 Å². The molecule has 0 aromatic heterocycles. The van der Waals surface area contributed by atoms with Crippen molar-refractivity contribution in [1.82, 2.24) is 0 Å². The molecule has 20 heavy (non-hydrogen) atoms. The molecule has 2 N–H and O–H groups in total. The number of hydrogen-bond acceptors (Lipinski definition) is 3. The molecule has 2 amide bonds. The summed E-state index contributed by atoms with van der Waals surface area (Å²) < 4.78 is 38.6. The van der Waals surface area contributed by atoms with Crippen molar-refractivity contribution < 1.29 is 22.8 Å². The predicted octanol–water partition coefficient (Wildman–Crippen LogP) is 2.52. The molecular weight excluding hydrogens is 275 g/mol. The first kappa shape index (κ1) is 15.5. The number of alkyl halides is 3. The third-order valence-corrected chi connectivity index (χ3v) is 2.16. The van der Waals surface area contributed by atoms with Crippen molar-refractivity contribution in [2.45, 2.75) is 19.5 Å². The van der Waals surface area contributed by atoms with Crippen molar-refractivity contribution in [2.24, 2.45) is 0 Å². The number of anilines is 2. The van der Waals surface area contributed by atoms with Gasteiger partial charge in [-0.25, -0.2) is 0 Å². The quantitative estimate of drug-likeness (QED) is 0.895. The highest BCUT2D eigenvalue weighted by atomic mass is 19.4. The minimum atomic E-state index is -4.70. The van der Waals surface area contributed by atoms with Crippen LogP contribution in [0.5, 0.6) is 0 Å². The number of carbonyl (C=O) groups excluding carboxylic acids is 2. The molecule has 0 heterocycles. The Bertz CT molecular complexity index is 576. The van der Waals surface area contributed by atoms with Crippen molar-refractivity contribution in [3.63, 3.8) is 0 Å². The van der Waals surface area contributed by atoms with E-state index in [4.69, 9.17) is 5.26 Å². The van der Waals surface area contributed by atoms with Gasteiger partial charge in [0, 0.05) is 12.6 Å². The van der Waals surface area contributed by atoms with E-state index in [1.807, 2.05) is 5.32 Å². The van der Waals surface area contributed by atoms with E-state index in [1.165, 1.54) is 12.1 Å². The van der Waals surface area contributed by atoms with Crippen LogP contribution in [0.1, 0.15) is 18.9 Å². The zero-order valence-corrected chi connectivity index (χ0v) is 10.3. The standard InChI is InChI=1S/C12H10F3N3O2/c1-7(19)17-8-2-3-10(18-11(20)4-5-16)9(6-8)12(13,14)15/h2-3,6H,4H2,1H3,(H,17,19)(H,18,20). The lowest BCUT2D eigenvalue weighted by Gasteiger charge is -2.15. The highest BCUT2D eigenvalue weighted by Crippen LogP contribution is 2.36. The number of rotatable bonds is 3. The lowest BCUT2D eigenvalue weighted by Crippen LogP contribution is -2.16. The SMILES string of the molecule is CC(=O)Nc1ccc(NC(=O)CC#N)c(C(F)(F)F)c1. The molecule has 0 atom stereocenters. The molecule has 5 nitrogen and oxygen atoms in total. The Hall–Kier alpha value is -2.56. The Balaban J connectivity index is 3.14. The molecule has 106 valence electrons. The molecule has 0 spiro atoms.